The second-order valence-corrected chi connectivity index (χ2v) is 9.25. The molecule has 1 atom stereocenters. The van der Waals surface area contributed by atoms with Gasteiger partial charge in [-0.15, -0.1) is 0 Å². The van der Waals surface area contributed by atoms with Crippen molar-refractivity contribution in [2.24, 2.45) is 5.92 Å². The van der Waals surface area contributed by atoms with Crippen molar-refractivity contribution in [1.82, 2.24) is 14.5 Å². The number of amides is 1. The summed E-state index contributed by atoms with van der Waals surface area (Å²) in [5.41, 5.74) is 0.866. The molecule has 0 saturated carbocycles. The van der Waals surface area contributed by atoms with E-state index in [1.165, 1.54) is 17.1 Å². The van der Waals surface area contributed by atoms with Gasteiger partial charge in [-0.25, -0.2) is 8.42 Å². The van der Waals surface area contributed by atoms with Crippen LogP contribution in [0.5, 0.6) is 0 Å². The van der Waals surface area contributed by atoms with Crippen LogP contribution in [0.4, 0.5) is 0 Å². The molecule has 1 aromatic carbocycles. The molecule has 2 rings (SSSR count). The van der Waals surface area contributed by atoms with Gasteiger partial charge >= 0.3 is 0 Å². The lowest BCUT2D eigenvalue weighted by Crippen LogP contribution is -2.41. The lowest BCUT2D eigenvalue weighted by molar-refractivity contribution is -0.121. The lowest BCUT2D eigenvalue weighted by atomic mass is 10.0. The Hall–Kier alpha value is -1.44. The SMILES string of the molecule is CC1CCCN(CCCNC(=O)CN(Cc2ccccc2)S(C)(=O)=O)C1. The Labute approximate surface area is 157 Å². The number of sulfonamides is 1. The fourth-order valence-corrected chi connectivity index (χ4v) is 4.05. The fraction of sp³-hybridized carbons (Fsp3) is 0.632. The largest absolute Gasteiger partial charge is 0.355 e. The minimum Gasteiger partial charge on any atom is -0.355 e. The molecule has 0 spiro atoms. The van der Waals surface area contributed by atoms with Gasteiger partial charge in [-0.2, -0.15) is 4.31 Å². The van der Waals surface area contributed by atoms with Crippen LogP contribution in [0.15, 0.2) is 30.3 Å². The molecule has 1 aliphatic rings. The third-order valence-corrected chi connectivity index (χ3v) is 5.90. The molecule has 7 heteroatoms. The third-order valence-electron chi connectivity index (χ3n) is 4.71. The maximum atomic E-state index is 12.2. The van der Waals surface area contributed by atoms with Gasteiger partial charge in [-0.1, -0.05) is 37.3 Å². The van der Waals surface area contributed by atoms with Crippen molar-refractivity contribution in [3.05, 3.63) is 35.9 Å². The second-order valence-electron chi connectivity index (χ2n) is 7.27. The molecule has 0 radical (unpaired) electrons. The molecule has 1 aliphatic heterocycles. The summed E-state index contributed by atoms with van der Waals surface area (Å²) in [6.45, 7) is 6.16. The van der Waals surface area contributed by atoms with Gasteiger partial charge in [0.25, 0.3) is 0 Å². The first-order valence-corrected chi connectivity index (χ1v) is 11.2. The molecule has 0 aromatic heterocycles. The Morgan fingerprint density at radius 2 is 2.04 bits per heavy atom. The Balaban J connectivity index is 1.74. The molecule has 1 N–H and O–H groups in total. The third kappa shape index (κ3) is 7.43. The van der Waals surface area contributed by atoms with Crippen LogP contribution in [-0.4, -0.2) is 62.5 Å². The molecule has 0 aliphatic carbocycles. The molecule has 1 fully saturated rings. The highest BCUT2D eigenvalue weighted by Crippen LogP contribution is 2.15. The number of nitrogens with zero attached hydrogens (tertiary/aromatic N) is 2. The normalized spacial score (nSPS) is 18.8. The summed E-state index contributed by atoms with van der Waals surface area (Å²) in [6, 6.07) is 9.31. The van der Waals surface area contributed by atoms with Crippen LogP contribution in [0.1, 0.15) is 31.7 Å². The molecule has 26 heavy (non-hydrogen) atoms. The van der Waals surface area contributed by atoms with Gasteiger partial charge in [0.15, 0.2) is 0 Å². The first-order chi connectivity index (χ1) is 12.3. The van der Waals surface area contributed by atoms with Gasteiger partial charge in [0.1, 0.15) is 0 Å². The molecule has 0 bridgehead atoms. The van der Waals surface area contributed by atoms with Crippen molar-refractivity contribution in [1.29, 1.82) is 0 Å². The van der Waals surface area contributed by atoms with E-state index in [9.17, 15) is 13.2 Å². The van der Waals surface area contributed by atoms with Crippen LogP contribution in [0, 0.1) is 5.92 Å². The summed E-state index contributed by atoms with van der Waals surface area (Å²) in [5, 5.41) is 2.85. The standard InChI is InChI=1S/C19H31N3O3S/c1-17-8-6-12-21(14-17)13-7-11-20-19(23)16-22(26(2,24)25)15-18-9-4-3-5-10-18/h3-5,9-10,17H,6-8,11-16H2,1-2H3,(H,20,23). The van der Waals surface area contributed by atoms with E-state index in [-0.39, 0.29) is 19.0 Å². The second kappa shape index (κ2) is 10.0. The zero-order valence-electron chi connectivity index (χ0n) is 15.9. The van der Waals surface area contributed by atoms with E-state index in [4.69, 9.17) is 0 Å². The average molecular weight is 382 g/mol. The van der Waals surface area contributed by atoms with Crippen LogP contribution in [0.3, 0.4) is 0 Å². The van der Waals surface area contributed by atoms with Gasteiger partial charge in [-0.3, -0.25) is 4.79 Å². The summed E-state index contributed by atoms with van der Waals surface area (Å²) in [4.78, 5) is 14.6. The number of likely N-dealkylation sites (tertiary alicyclic amines) is 1. The summed E-state index contributed by atoms with van der Waals surface area (Å²) in [5.74, 6) is 0.498. The van der Waals surface area contributed by atoms with Gasteiger partial charge in [0.05, 0.1) is 12.8 Å². The molecule has 1 amide bonds. The van der Waals surface area contributed by atoms with Crippen LogP contribution < -0.4 is 5.32 Å². The van der Waals surface area contributed by atoms with Gasteiger partial charge in [-0.05, 0) is 43.8 Å². The van der Waals surface area contributed by atoms with Crippen LogP contribution in [0.2, 0.25) is 0 Å². The van der Waals surface area contributed by atoms with Crippen molar-refractivity contribution in [2.75, 3.05) is 39.0 Å². The highest BCUT2D eigenvalue weighted by atomic mass is 32.2. The van der Waals surface area contributed by atoms with Crippen LogP contribution in [0.25, 0.3) is 0 Å². The molecule has 1 heterocycles. The maximum Gasteiger partial charge on any atom is 0.235 e. The van der Waals surface area contributed by atoms with Crippen LogP contribution in [-0.2, 0) is 21.4 Å². The first-order valence-electron chi connectivity index (χ1n) is 9.32. The Bertz CT molecular complexity index is 664. The van der Waals surface area contributed by atoms with Crippen molar-refractivity contribution < 1.29 is 13.2 Å². The number of carbonyl (C=O) groups excluding carboxylic acids is 1. The summed E-state index contributed by atoms with van der Waals surface area (Å²) >= 11 is 0. The number of hydrogen-bond donors (Lipinski definition) is 1. The van der Waals surface area contributed by atoms with E-state index in [1.54, 1.807) is 0 Å². The molecule has 1 unspecified atom stereocenters. The van der Waals surface area contributed by atoms with E-state index >= 15 is 0 Å². The molecule has 6 nitrogen and oxygen atoms in total. The molecular weight excluding hydrogens is 350 g/mol. The lowest BCUT2D eigenvalue weighted by Gasteiger charge is -2.30. The van der Waals surface area contributed by atoms with Crippen molar-refractivity contribution in [3.8, 4) is 0 Å². The minimum atomic E-state index is -3.45. The highest BCUT2D eigenvalue weighted by Gasteiger charge is 2.20. The fourth-order valence-electron chi connectivity index (χ4n) is 3.31. The molecule has 146 valence electrons. The zero-order valence-corrected chi connectivity index (χ0v) is 16.7. The smallest absolute Gasteiger partial charge is 0.235 e. The highest BCUT2D eigenvalue weighted by molar-refractivity contribution is 7.88. The van der Waals surface area contributed by atoms with Crippen molar-refractivity contribution in [3.63, 3.8) is 0 Å². The van der Waals surface area contributed by atoms with Gasteiger partial charge in [0, 0.05) is 19.6 Å². The Kier molecular flexibility index (Phi) is 8.06. The van der Waals surface area contributed by atoms with Crippen molar-refractivity contribution >= 4 is 15.9 Å². The zero-order chi connectivity index (χ0) is 19.0. The number of hydrogen-bond acceptors (Lipinski definition) is 4. The number of rotatable bonds is 9. The topological polar surface area (TPSA) is 69.7 Å². The quantitative estimate of drug-likeness (QED) is 0.661. The van der Waals surface area contributed by atoms with E-state index in [0.29, 0.717) is 6.54 Å². The molecular formula is C19H31N3O3S. The Morgan fingerprint density at radius 3 is 2.69 bits per heavy atom. The maximum absolute atomic E-state index is 12.2. The predicted molar refractivity (Wildman–Crippen MR) is 104 cm³/mol. The van der Waals surface area contributed by atoms with E-state index in [1.807, 2.05) is 30.3 Å². The monoisotopic (exact) mass is 381 g/mol. The Morgan fingerprint density at radius 1 is 1.31 bits per heavy atom. The summed E-state index contributed by atoms with van der Waals surface area (Å²) in [7, 11) is -3.45. The van der Waals surface area contributed by atoms with E-state index < -0.39 is 10.0 Å². The predicted octanol–water partition coefficient (Wildman–Crippen LogP) is 1.69. The van der Waals surface area contributed by atoms with Gasteiger partial charge < -0.3 is 10.2 Å². The first kappa shape index (κ1) is 20.9. The van der Waals surface area contributed by atoms with Crippen molar-refractivity contribution in [2.45, 2.75) is 32.7 Å². The summed E-state index contributed by atoms with van der Waals surface area (Å²) in [6.07, 6.45) is 4.57. The van der Waals surface area contributed by atoms with Crippen LogP contribution >= 0.6 is 0 Å². The van der Waals surface area contributed by atoms with Gasteiger partial charge in [0.2, 0.25) is 15.9 Å². The van der Waals surface area contributed by atoms with E-state index in [2.05, 4.69) is 17.1 Å². The average Bonchev–Trinajstić information content (AvgIpc) is 2.58. The molecule has 1 saturated heterocycles. The number of benzene rings is 1. The number of nitrogens with one attached hydrogen (secondary N) is 1. The summed E-state index contributed by atoms with van der Waals surface area (Å²) < 4.78 is 25.2. The number of carbonyl (C=O) groups is 1. The minimum absolute atomic E-state index is 0.144. The number of piperidine rings is 1. The molecule has 1 aromatic rings. The van der Waals surface area contributed by atoms with E-state index in [0.717, 1.165) is 43.8 Å².